The van der Waals surface area contributed by atoms with Crippen molar-refractivity contribution in [2.24, 2.45) is 0 Å². The van der Waals surface area contributed by atoms with Crippen molar-refractivity contribution in [3.8, 4) is 11.5 Å². The van der Waals surface area contributed by atoms with Crippen LogP contribution < -0.4 is 5.46 Å². The van der Waals surface area contributed by atoms with Gasteiger partial charge in [0.2, 0.25) is 5.89 Å². The van der Waals surface area contributed by atoms with E-state index in [1.807, 2.05) is 50.2 Å². The van der Waals surface area contributed by atoms with Crippen LogP contribution in [0.3, 0.4) is 0 Å². The van der Waals surface area contributed by atoms with Crippen LogP contribution in [-0.2, 0) is 9.31 Å². The number of rotatable bonds is 2. The third-order valence-corrected chi connectivity index (χ3v) is 3.92. The van der Waals surface area contributed by atoms with Crippen LogP contribution >= 0.6 is 0 Å². The fourth-order valence-electron chi connectivity index (χ4n) is 2.44. The summed E-state index contributed by atoms with van der Waals surface area (Å²) < 4.78 is 17.3. The first-order valence-electron chi connectivity index (χ1n) is 7.39. The molecule has 2 aromatic heterocycles. The minimum Gasteiger partial charge on any atom is -0.534 e. The molecule has 0 spiro atoms. The molecule has 1 aromatic carbocycles. The molecule has 0 amide bonds. The molecular formula is C17H15BN2O3. The van der Waals surface area contributed by atoms with Gasteiger partial charge in [-0.3, -0.25) is 0 Å². The highest BCUT2D eigenvalue weighted by molar-refractivity contribution is 6.62. The third-order valence-electron chi connectivity index (χ3n) is 3.92. The number of fused-ring (bicyclic) bond motifs is 1. The molecule has 0 bridgehead atoms. The lowest BCUT2D eigenvalue weighted by molar-refractivity contribution is 0.173. The molecular weight excluding hydrogens is 291 g/mol. The van der Waals surface area contributed by atoms with Crippen LogP contribution in [0.2, 0.25) is 0 Å². The van der Waals surface area contributed by atoms with Crippen molar-refractivity contribution in [2.45, 2.75) is 19.4 Å². The smallest absolute Gasteiger partial charge is 0.534 e. The second-order valence-corrected chi connectivity index (χ2v) is 5.97. The second kappa shape index (κ2) is 4.96. The Hall–Kier alpha value is -2.60. The van der Waals surface area contributed by atoms with Crippen molar-refractivity contribution in [3.05, 3.63) is 54.9 Å². The van der Waals surface area contributed by atoms with E-state index in [9.17, 15) is 0 Å². The molecule has 0 unspecified atom stereocenters. The third kappa shape index (κ3) is 2.41. The molecule has 5 nitrogen and oxygen atoms in total. The van der Waals surface area contributed by atoms with E-state index in [-0.39, 0.29) is 0 Å². The molecule has 1 fully saturated rings. The van der Waals surface area contributed by atoms with E-state index in [0.29, 0.717) is 22.9 Å². The first kappa shape index (κ1) is 14.0. The maximum absolute atomic E-state index is 5.87. The molecule has 1 aliphatic heterocycles. The first-order valence-corrected chi connectivity index (χ1v) is 7.39. The van der Waals surface area contributed by atoms with E-state index < -0.39 is 12.7 Å². The second-order valence-electron chi connectivity index (χ2n) is 5.97. The number of pyridine rings is 1. The molecule has 0 aliphatic carbocycles. The van der Waals surface area contributed by atoms with Crippen LogP contribution in [0.1, 0.15) is 13.8 Å². The summed E-state index contributed by atoms with van der Waals surface area (Å²) in [6.07, 6.45) is 1.70. The molecule has 3 heterocycles. The van der Waals surface area contributed by atoms with E-state index in [4.69, 9.17) is 13.7 Å². The number of oxazole rings is 1. The van der Waals surface area contributed by atoms with Crippen molar-refractivity contribution >= 4 is 23.8 Å². The van der Waals surface area contributed by atoms with Gasteiger partial charge in [0.1, 0.15) is 5.60 Å². The predicted molar refractivity (Wildman–Crippen MR) is 88.0 cm³/mol. The summed E-state index contributed by atoms with van der Waals surface area (Å²) in [7, 11) is -0.433. The highest BCUT2D eigenvalue weighted by atomic mass is 16.7. The lowest BCUT2D eigenvalue weighted by Gasteiger charge is -2.15. The summed E-state index contributed by atoms with van der Waals surface area (Å²) in [6.45, 7) is 7.77. The Kier molecular flexibility index (Phi) is 3.02. The van der Waals surface area contributed by atoms with Crippen LogP contribution in [0.15, 0.2) is 59.4 Å². The fourth-order valence-corrected chi connectivity index (χ4v) is 2.44. The van der Waals surface area contributed by atoms with Crippen LogP contribution in [0, 0.1) is 0 Å². The number of aromatic nitrogens is 2. The average molecular weight is 306 g/mol. The molecule has 0 atom stereocenters. The Balaban J connectivity index is 1.62. The van der Waals surface area contributed by atoms with E-state index in [1.54, 1.807) is 6.20 Å². The van der Waals surface area contributed by atoms with Crippen LogP contribution in [0.25, 0.3) is 22.7 Å². The van der Waals surface area contributed by atoms with Gasteiger partial charge in [-0.25, -0.2) is 4.98 Å². The monoisotopic (exact) mass is 306 g/mol. The summed E-state index contributed by atoms with van der Waals surface area (Å²) in [4.78, 5) is 8.57. The zero-order valence-electron chi connectivity index (χ0n) is 12.9. The Morgan fingerprint density at radius 1 is 1.13 bits per heavy atom. The number of nitrogens with zero attached hydrogens (tertiary/aromatic N) is 2. The normalized spacial score (nSPS) is 16.8. The van der Waals surface area contributed by atoms with Crippen LogP contribution in [0.5, 0.6) is 0 Å². The maximum atomic E-state index is 5.87. The standard InChI is InChI=1S/C17H15BN2O3/c1-11-17(2,3)23-18(22-11)13-8-6-12(7-9-13)16-20-15-14(21-16)5-4-10-19-15/h4-10H,1H2,2-3H3. The highest BCUT2D eigenvalue weighted by Gasteiger charge is 2.42. The average Bonchev–Trinajstić information content (AvgIpc) is 3.09. The van der Waals surface area contributed by atoms with Gasteiger partial charge < -0.3 is 13.7 Å². The minimum atomic E-state index is -0.477. The number of hydrogen-bond donors (Lipinski definition) is 0. The van der Waals surface area contributed by atoms with Crippen molar-refractivity contribution in [3.63, 3.8) is 0 Å². The largest absolute Gasteiger partial charge is 0.563 e. The molecule has 0 radical (unpaired) electrons. The number of benzene rings is 1. The van der Waals surface area contributed by atoms with Crippen LogP contribution in [0.4, 0.5) is 0 Å². The van der Waals surface area contributed by atoms with Gasteiger partial charge in [0.05, 0.1) is 5.76 Å². The van der Waals surface area contributed by atoms with E-state index in [2.05, 4.69) is 16.5 Å². The Morgan fingerprint density at radius 3 is 2.57 bits per heavy atom. The topological polar surface area (TPSA) is 57.4 Å². The van der Waals surface area contributed by atoms with Gasteiger partial charge in [0.25, 0.3) is 0 Å². The highest BCUT2D eigenvalue weighted by Crippen LogP contribution is 2.29. The van der Waals surface area contributed by atoms with Crippen molar-refractivity contribution < 1.29 is 13.7 Å². The molecule has 23 heavy (non-hydrogen) atoms. The van der Waals surface area contributed by atoms with Crippen molar-refractivity contribution in [1.82, 2.24) is 9.97 Å². The lowest BCUT2D eigenvalue weighted by Crippen LogP contribution is -2.34. The molecule has 114 valence electrons. The van der Waals surface area contributed by atoms with E-state index >= 15 is 0 Å². The van der Waals surface area contributed by atoms with Gasteiger partial charge >= 0.3 is 7.12 Å². The van der Waals surface area contributed by atoms with Crippen molar-refractivity contribution in [1.29, 1.82) is 0 Å². The van der Waals surface area contributed by atoms with E-state index in [0.717, 1.165) is 11.0 Å². The molecule has 6 heteroatoms. The molecule has 4 rings (SSSR count). The van der Waals surface area contributed by atoms with Gasteiger partial charge in [-0.15, -0.1) is 0 Å². The Bertz CT molecular complexity index is 853. The lowest BCUT2D eigenvalue weighted by atomic mass is 9.79. The zero-order chi connectivity index (χ0) is 16.0. The zero-order valence-corrected chi connectivity index (χ0v) is 12.9. The van der Waals surface area contributed by atoms with Crippen LogP contribution in [-0.4, -0.2) is 22.7 Å². The molecule has 1 saturated heterocycles. The summed E-state index contributed by atoms with van der Waals surface area (Å²) in [5.41, 5.74) is 2.60. The van der Waals surface area contributed by atoms with Gasteiger partial charge in [0.15, 0.2) is 11.2 Å². The van der Waals surface area contributed by atoms with Gasteiger partial charge in [0, 0.05) is 11.8 Å². The summed E-state index contributed by atoms with van der Waals surface area (Å²) in [5.74, 6) is 1.18. The van der Waals surface area contributed by atoms with Crippen molar-refractivity contribution in [2.75, 3.05) is 0 Å². The molecule has 0 saturated carbocycles. The number of hydrogen-bond acceptors (Lipinski definition) is 5. The molecule has 0 N–H and O–H groups in total. The molecule has 3 aromatic rings. The SMILES string of the molecule is C=C1OB(c2ccc(-c3nc4ncccc4o3)cc2)OC1(C)C. The fraction of sp³-hybridized carbons (Fsp3) is 0.176. The quantitative estimate of drug-likeness (QED) is 0.681. The predicted octanol–water partition coefficient (Wildman–Crippen LogP) is 2.92. The van der Waals surface area contributed by atoms with E-state index in [1.165, 1.54) is 0 Å². The summed E-state index contributed by atoms with van der Waals surface area (Å²) >= 11 is 0. The van der Waals surface area contributed by atoms with Gasteiger partial charge in [-0.05, 0) is 43.6 Å². The maximum Gasteiger partial charge on any atom is 0.563 e. The summed E-state index contributed by atoms with van der Waals surface area (Å²) in [5, 5.41) is 0. The molecule has 1 aliphatic rings. The summed E-state index contributed by atoms with van der Waals surface area (Å²) in [6, 6.07) is 11.4. The van der Waals surface area contributed by atoms with Gasteiger partial charge in [-0.2, -0.15) is 4.98 Å². The Morgan fingerprint density at radius 2 is 1.91 bits per heavy atom. The first-order chi connectivity index (χ1) is 11.0. The minimum absolute atomic E-state index is 0.433. The Labute approximate surface area is 134 Å². The van der Waals surface area contributed by atoms with Gasteiger partial charge in [-0.1, -0.05) is 18.7 Å².